The molecule has 0 saturated heterocycles. The van der Waals surface area contributed by atoms with Crippen LogP contribution in [0.1, 0.15) is 122 Å². The molecule has 4 saturated carbocycles. The van der Waals surface area contributed by atoms with Crippen molar-refractivity contribution >= 4 is 51.9 Å². The maximum atomic E-state index is 14.2. The SMILES string of the molecule is CC[C@@]1(OC(=O)COc2ccc(C(=O)O[C@H]3CC[C@@]4(C)C(CC[C@@H]5[C@@H]4CC[C@]4(C)C(=O)CC[C@@H]54)C3)cc2)C(=O)OCc2c1cc1n(c2=O)Cc2cc3cc(OC(=O)c4cc([N+](=O)[O-])cc([N+](=O)[O-])c4)ccc3nc2-1. The molecule has 4 fully saturated rings. The molecule has 4 heterocycles. The van der Waals surface area contributed by atoms with Crippen molar-refractivity contribution in [1.29, 1.82) is 0 Å². The fourth-order valence-corrected chi connectivity index (χ4v) is 13.6. The molecule has 74 heavy (non-hydrogen) atoms. The number of fused-ring (bicyclic) bond motifs is 10. The standard InChI is InChI=1S/C55H52N4O15/c1-4-55(74-47(61)28-70-36-8-5-29(6-9-36)50(63)73-38-15-17-53(2)33(23-38)7-11-39-41-12-14-46(60)54(41,3)18-16-42(39)53)43-25-45-48-32(26-57(45)49(62)40(43)27-71-52(55)65)19-30-22-37(10-13-44(30)56-48)72-51(64)31-20-34(58(66)67)24-35(21-31)59(68)69/h5-6,8-10,13,19-22,24-25,33,38-39,41-42H,4,7,11-12,14-18,23,26-28H2,1-3H3/t33?,38-,39-,41-,42-,53-,54-,55-/m0/s1. The van der Waals surface area contributed by atoms with Crippen LogP contribution in [0.25, 0.3) is 22.3 Å². The number of nitro groups is 2. The molecule has 4 aliphatic carbocycles. The van der Waals surface area contributed by atoms with E-state index in [0.29, 0.717) is 62.9 Å². The lowest BCUT2D eigenvalue weighted by atomic mass is 9.45. The summed E-state index contributed by atoms with van der Waals surface area (Å²) in [4.78, 5) is 107. The van der Waals surface area contributed by atoms with E-state index < -0.39 is 68.4 Å². The van der Waals surface area contributed by atoms with Crippen molar-refractivity contribution in [2.45, 2.75) is 110 Å². The fourth-order valence-electron chi connectivity index (χ4n) is 13.6. The maximum Gasteiger partial charge on any atom is 0.355 e. The number of pyridine rings is 2. The quantitative estimate of drug-likeness (QED) is 0.0386. The Hall–Kier alpha value is -7.83. The van der Waals surface area contributed by atoms with Gasteiger partial charge in [0.25, 0.3) is 16.9 Å². The van der Waals surface area contributed by atoms with Crippen LogP contribution in [0.5, 0.6) is 11.5 Å². The van der Waals surface area contributed by atoms with Crippen LogP contribution in [0.4, 0.5) is 11.4 Å². The molecule has 2 aliphatic heterocycles. The molecular weight excluding hydrogens is 957 g/mol. The summed E-state index contributed by atoms with van der Waals surface area (Å²) in [6.45, 7) is 5.37. The number of Topliss-reactive ketones (excluding diaryl/α,β-unsaturated/α-hetero) is 1. The van der Waals surface area contributed by atoms with E-state index in [2.05, 4.69) is 13.8 Å². The minimum atomic E-state index is -2.00. The second kappa shape index (κ2) is 18.0. The molecule has 0 spiro atoms. The van der Waals surface area contributed by atoms with Gasteiger partial charge >= 0.3 is 23.9 Å². The first-order chi connectivity index (χ1) is 35.4. The number of aromatic nitrogens is 2. The number of carbonyl (C=O) groups excluding carboxylic acids is 5. The summed E-state index contributed by atoms with van der Waals surface area (Å²) in [5, 5.41) is 23.2. The molecule has 0 amide bonds. The summed E-state index contributed by atoms with van der Waals surface area (Å²) in [6.07, 6.45) is 8.36. The monoisotopic (exact) mass is 1010 g/mol. The van der Waals surface area contributed by atoms with Crippen molar-refractivity contribution < 1.29 is 57.5 Å². The number of non-ortho nitro benzene ring substituents is 2. The molecule has 2 aromatic heterocycles. The minimum absolute atomic E-state index is 0.0180. The Morgan fingerprint density at radius 2 is 1.57 bits per heavy atom. The Kier molecular flexibility index (Phi) is 11.8. The van der Waals surface area contributed by atoms with Crippen LogP contribution in [0.3, 0.4) is 0 Å². The van der Waals surface area contributed by atoms with Crippen molar-refractivity contribution in [1.82, 2.24) is 9.55 Å². The molecule has 0 N–H and O–H groups in total. The van der Waals surface area contributed by atoms with Gasteiger partial charge in [0.15, 0.2) is 6.61 Å². The summed E-state index contributed by atoms with van der Waals surface area (Å²) in [5.74, 6) is -0.411. The highest BCUT2D eigenvalue weighted by Crippen LogP contribution is 2.65. The largest absolute Gasteiger partial charge is 0.482 e. The lowest BCUT2D eigenvalue weighted by molar-refractivity contribution is -0.394. The van der Waals surface area contributed by atoms with Crippen LogP contribution < -0.4 is 15.0 Å². The van der Waals surface area contributed by atoms with Gasteiger partial charge in [0.05, 0.1) is 56.1 Å². The minimum Gasteiger partial charge on any atom is -0.482 e. The molecular formula is C55H52N4O15. The highest BCUT2D eigenvalue weighted by molar-refractivity contribution is 5.94. The van der Waals surface area contributed by atoms with E-state index >= 15 is 0 Å². The second-order valence-corrected chi connectivity index (χ2v) is 21.2. The van der Waals surface area contributed by atoms with Crippen molar-refractivity contribution in [2.24, 2.45) is 34.5 Å². The van der Waals surface area contributed by atoms with E-state index in [9.17, 15) is 49.0 Å². The molecule has 0 bridgehead atoms. The predicted octanol–water partition coefficient (Wildman–Crippen LogP) is 8.88. The predicted molar refractivity (Wildman–Crippen MR) is 261 cm³/mol. The zero-order valence-electron chi connectivity index (χ0n) is 40.9. The van der Waals surface area contributed by atoms with Gasteiger partial charge in [-0.1, -0.05) is 20.8 Å². The van der Waals surface area contributed by atoms with Gasteiger partial charge in [-0.15, -0.1) is 0 Å². The highest BCUT2D eigenvalue weighted by Gasteiger charge is 2.60. The zero-order chi connectivity index (χ0) is 52.0. The molecule has 11 rings (SSSR count). The number of hydrogen-bond donors (Lipinski definition) is 0. The fraction of sp³-hybridized carbons (Fsp3) is 0.436. The smallest absolute Gasteiger partial charge is 0.355 e. The van der Waals surface area contributed by atoms with Gasteiger partial charge in [0.1, 0.15) is 30.0 Å². The van der Waals surface area contributed by atoms with Gasteiger partial charge in [-0.3, -0.25) is 29.8 Å². The average molecular weight is 1010 g/mol. The van der Waals surface area contributed by atoms with E-state index in [1.807, 2.05) is 0 Å². The van der Waals surface area contributed by atoms with E-state index in [1.54, 1.807) is 49.4 Å². The normalized spacial score (nSPS) is 27.3. The second-order valence-electron chi connectivity index (χ2n) is 21.2. The number of cyclic esters (lactones) is 1. The molecule has 0 radical (unpaired) electrons. The third-order valence-electron chi connectivity index (χ3n) is 17.6. The maximum absolute atomic E-state index is 14.2. The summed E-state index contributed by atoms with van der Waals surface area (Å²) >= 11 is 0. The number of carbonyl (C=O) groups is 5. The molecule has 19 heteroatoms. The summed E-state index contributed by atoms with van der Waals surface area (Å²) < 4.78 is 30.2. The Labute approximate surface area is 422 Å². The summed E-state index contributed by atoms with van der Waals surface area (Å²) in [7, 11) is 0. The van der Waals surface area contributed by atoms with Gasteiger partial charge in [-0.25, -0.2) is 24.2 Å². The third-order valence-corrected chi connectivity index (χ3v) is 17.6. The molecule has 382 valence electrons. The molecule has 6 aliphatic rings. The first-order valence-corrected chi connectivity index (χ1v) is 25.1. The average Bonchev–Trinajstić information content (AvgIpc) is 3.91. The first kappa shape index (κ1) is 48.4. The van der Waals surface area contributed by atoms with E-state index in [0.717, 1.165) is 76.0 Å². The molecule has 5 aromatic rings. The topological polar surface area (TPSA) is 253 Å². The number of nitro benzene ring substituents is 2. The first-order valence-electron chi connectivity index (χ1n) is 25.1. The Morgan fingerprint density at radius 1 is 0.824 bits per heavy atom. The van der Waals surface area contributed by atoms with Crippen LogP contribution in [-0.2, 0) is 47.3 Å². The van der Waals surface area contributed by atoms with Crippen molar-refractivity contribution in [3.05, 3.63) is 131 Å². The van der Waals surface area contributed by atoms with Gasteiger partial charge in [0.2, 0.25) is 5.60 Å². The number of nitrogens with zero attached hydrogens (tertiary/aromatic N) is 4. The van der Waals surface area contributed by atoms with E-state index in [-0.39, 0.29) is 59.1 Å². The number of ether oxygens (including phenoxy) is 5. The van der Waals surface area contributed by atoms with Crippen molar-refractivity contribution in [2.75, 3.05) is 6.61 Å². The lowest BCUT2D eigenvalue weighted by Crippen LogP contribution is -2.54. The Morgan fingerprint density at radius 3 is 2.30 bits per heavy atom. The lowest BCUT2D eigenvalue weighted by Gasteiger charge is -2.60. The van der Waals surface area contributed by atoms with Gasteiger partial charge < -0.3 is 28.3 Å². The van der Waals surface area contributed by atoms with Crippen LogP contribution >= 0.6 is 0 Å². The number of hydrogen-bond acceptors (Lipinski definition) is 16. The van der Waals surface area contributed by atoms with E-state index in [1.165, 1.54) is 16.7 Å². The van der Waals surface area contributed by atoms with Crippen LogP contribution in [-0.4, -0.2) is 61.8 Å². The number of rotatable bonds is 11. The zero-order valence-corrected chi connectivity index (χ0v) is 40.9. The third kappa shape index (κ3) is 7.98. The Balaban J connectivity index is 0.739. The van der Waals surface area contributed by atoms with Gasteiger partial charge in [0, 0.05) is 40.5 Å². The van der Waals surface area contributed by atoms with Crippen molar-refractivity contribution in [3.8, 4) is 22.9 Å². The summed E-state index contributed by atoms with van der Waals surface area (Å²) in [6, 6.07) is 16.5. The van der Waals surface area contributed by atoms with E-state index in [4.69, 9.17) is 28.7 Å². The number of ketones is 1. The van der Waals surface area contributed by atoms with Gasteiger partial charge in [-0.05, 0) is 141 Å². The molecule has 19 nitrogen and oxygen atoms in total. The number of benzene rings is 3. The summed E-state index contributed by atoms with van der Waals surface area (Å²) in [5.41, 5.74) is -1.77. The molecule has 1 unspecified atom stereocenters. The van der Waals surface area contributed by atoms with Crippen LogP contribution in [0.2, 0.25) is 0 Å². The van der Waals surface area contributed by atoms with Gasteiger partial charge in [-0.2, -0.15) is 0 Å². The number of esters is 4. The van der Waals surface area contributed by atoms with Crippen molar-refractivity contribution in [3.63, 3.8) is 0 Å². The molecule has 3 aromatic carbocycles. The van der Waals surface area contributed by atoms with Crippen LogP contribution in [0, 0.1) is 54.7 Å². The highest BCUT2D eigenvalue weighted by atomic mass is 16.6. The van der Waals surface area contributed by atoms with Crippen LogP contribution in [0.15, 0.2) is 77.6 Å². The Bertz CT molecular complexity index is 3300. The molecule has 8 atom stereocenters.